The predicted octanol–water partition coefficient (Wildman–Crippen LogP) is 3.08. The largest absolute Gasteiger partial charge is 0.493 e. The summed E-state index contributed by atoms with van der Waals surface area (Å²) < 4.78 is 6.04. The van der Waals surface area contributed by atoms with Crippen LogP contribution in [0, 0.1) is 5.92 Å². The molecule has 2 N–H and O–H groups in total. The van der Waals surface area contributed by atoms with E-state index < -0.39 is 0 Å². The molecule has 0 radical (unpaired) electrons. The maximum atomic E-state index is 6.04. The molecule has 1 aliphatic heterocycles. The standard InChI is InChI=1S/C18H30N2O/c1-16(14-20-12-6-2-3-7-13-20)15-21-18-9-5-4-8-17(18)10-11-19/h4-5,8-9,16H,2-3,6-7,10-15,19H2,1H3. The van der Waals surface area contributed by atoms with Gasteiger partial charge in [0.1, 0.15) is 5.75 Å². The molecule has 1 heterocycles. The number of likely N-dealkylation sites (tertiary alicyclic amines) is 1. The first-order chi connectivity index (χ1) is 10.3. The van der Waals surface area contributed by atoms with Gasteiger partial charge in [-0.15, -0.1) is 0 Å². The van der Waals surface area contributed by atoms with Crippen LogP contribution in [0.25, 0.3) is 0 Å². The first-order valence-corrected chi connectivity index (χ1v) is 8.42. The second-order valence-corrected chi connectivity index (χ2v) is 6.28. The molecule has 3 heteroatoms. The Bertz CT molecular complexity index is 400. The van der Waals surface area contributed by atoms with Crippen molar-refractivity contribution in [3.63, 3.8) is 0 Å². The van der Waals surface area contributed by atoms with E-state index in [0.717, 1.165) is 25.3 Å². The summed E-state index contributed by atoms with van der Waals surface area (Å²) in [6, 6.07) is 8.26. The average Bonchev–Trinajstić information content (AvgIpc) is 2.75. The minimum atomic E-state index is 0.564. The second kappa shape index (κ2) is 9.06. The zero-order chi connectivity index (χ0) is 14.9. The Kier molecular flexibility index (Phi) is 7.04. The van der Waals surface area contributed by atoms with Crippen molar-refractivity contribution in [1.82, 2.24) is 4.90 Å². The van der Waals surface area contributed by atoms with E-state index in [9.17, 15) is 0 Å². The van der Waals surface area contributed by atoms with Gasteiger partial charge in [0.15, 0.2) is 0 Å². The van der Waals surface area contributed by atoms with E-state index in [4.69, 9.17) is 10.5 Å². The van der Waals surface area contributed by atoms with Crippen LogP contribution in [0.1, 0.15) is 38.2 Å². The van der Waals surface area contributed by atoms with E-state index in [0.29, 0.717) is 12.5 Å². The lowest BCUT2D eigenvalue weighted by molar-refractivity contribution is 0.188. The van der Waals surface area contributed by atoms with Crippen molar-refractivity contribution in [3.05, 3.63) is 29.8 Å². The highest BCUT2D eigenvalue weighted by molar-refractivity contribution is 5.33. The van der Waals surface area contributed by atoms with Crippen LogP contribution in [-0.2, 0) is 6.42 Å². The van der Waals surface area contributed by atoms with Gasteiger partial charge in [-0.2, -0.15) is 0 Å². The number of rotatable bonds is 7. The summed E-state index contributed by atoms with van der Waals surface area (Å²) in [6.07, 6.45) is 6.39. The zero-order valence-electron chi connectivity index (χ0n) is 13.4. The van der Waals surface area contributed by atoms with Gasteiger partial charge in [-0.05, 0) is 50.5 Å². The van der Waals surface area contributed by atoms with Crippen molar-refractivity contribution in [2.45, 2.75) is 39.0 Å². The Balaban J connectivity index is 1.79. The van der Waals surface area contributed by atoms with E-state index >= 15 is 0 Å². The summed E-state index contributed by atoms with van der Waals surface area (Å²) in [5.74, 6) is 1.57. The minimum absolute atomic E-state index is 0.564. The molecule has 1 unspecified atom stereocenters. The van der Waals surface area contributed by atoms with E-state index in [1.54, 1.807) is 0 Å². The van der Waals surface area contributed by atoms with E-state index in [2.05, 4.69) is 30.0 Å². The smallest absolute Gasteiger partial charge is 0.122 e. The third kappa shape index (κ3) is 5.68. The molecular weight excluding hydrogens is 260 g/mol. The van der Waals surface area contributed by atoms with Gasteiger partial charge in [-0.25, -0.2) is 0 Å². The number of nitrogens with two attached hydrogens (primary N) is 1. The second-order valence-electron chi connectivity index (χ2n) is 6.28. The van der Waals surface area contributed by atoms with Gasteiger partial charge >= 0.3 is 0 Å². The molecule has 0 bridgehead atoms. The Hall–Kier alpha value is -1.06. The van der Waals surface area contributed by atoms with Gasteiger partial charge in [0.05, 0.1) is 6.61 Å². The molecule has 2 rings (SSSR count). The average molecular weight is 290 g/mol. The quantitative estimate of drug-likeness (QED) is 0.838. The highest BCUT2D eigenvalue weighted by Crippen LogP contribution is 2.19. The first-order valence-electron chi connectivity index (χ1n) is 8.42. The third-order valence-electron chi connectivity index (χ3n) is 4.18. The molecule has 3 nitrogen and oxygen atoms in total. The minimum Gasteiger partial charge on any atom is -0.493 e. The molecule has 0 amide bonds. The molecule has 118 valence electrons. The van der Waals surface area contributed by atoms with Crippen molar-refractivity contribution in [1.29, 1.82) is 0 Å². The highest BCUT2D eigenvalue weighted by atomic mass is 16.5. The van der Waals surface area contributed by atoms with Gasteiger partial charge in [0.25, 0.3) is 0 Å². The highest BCUT2D eigenvalue weighted by Gasteiger charge is 2.13. The van der Waals surface area contributed by atoms with Crippen LogP contribution in [0.3, 0.4) is 0 Å². The molecule has 0 spiro atoms. The Morgan fingerprint density at radius 3 is 2.57 bits per heavy atom. The fraction of sp³-hybridized carbons (Fsp3) is 0.667. The maximum Gasteiger partial charge on any atom is 0.122 e. The van der Waals surface area contributed by atoms with Crippen molar-refractivity contribution in [3.8, 4) is 5.75 Å². The fourth-order valence-corrected chi connectivity index (χ4v) is 3.05. The Labute approximate surface area is 129 Å². The first kappa shape index (κ1) is 16.3. The van der Waals surface area contributed by atoms with Crippen molar-refractivity contribution >= 4 is 0 Å². The van der Waals surface area contributed by atoms with Crippen molar-refractivity contribution < 1.29 is 4.74 Å². The molecule has 0 aromatic heterocycles. The maximum absolute atomic E-state index is 6.04. The topological polar surface area (TPSA) is 38.5 Å². The number of nitrogens with zero attached hydrogens (tertiary/aromatic N) is 1. The van der Waals surface area contributed by atoms with Crippen LogP contribution in [0.15, 0.2) is 24.3 Å². The van der Waals surface area contributed by atoms with Gasteiger partial charge in [0.2, 0.25) is 0 Å². The van der Waals surface area contributed by atoms with Crippen LogP contribution in [-0.4, -0.2) is 37.7 Å². The molecule has 1 aliphatic rings. The fourth-order valence-electron chi connectivity index (χ4n) is 3.05. The van der Waals surface area contributed by atoms with Crippen LogP contribution in [0.4, 0.5) is 0 Å². The number of benzene rings is 1. The van der Waals surface area contributed by atoms with E-state index in [1.807, 2.05) is 6.07 Å². The van der Waals surface area contributed by atoms with Gasteiger partial charge in [-0.3, -0.25) is 0 Å². The van der Waals surface area contributed by atoms with Crippen molar-refractivity contribution in [2.24, 2.45) is 11.7 Å². The lowest BCUT2D eigenvalue weighted by Crippen LogP contribution is -2.31. The third-order valence-corrected chi connectivity index (χ3v) is 4.18. The lowest BCUT2D eigenvalue weighted by atomic mass is 10.1. The molecule has 1 atom stereocenters. The van der Waals surface area contributed by atoms with Crippen LogP contribution in [0.2, 0.25) is 0 Å². The summed E-state index contributed by atoms with van der Waals surface area (Å²) >= 11 is 0. The number of hydrogen-bond acceptors (Lipinski definition) is 3. The molecular formula is C18H30N2O. The number of hydrogen-bond donors (Lipinski definition) is 1. The van der Waals surface area contributed by atoms with E-state index in [1.165, 1.54) is 44.3 Å². The number of ether oxygens (including phenoxy) is 1. The van der Waals surface area contributed by atoms with Gasteiger partial charge in [0, 0.05) is 12.5 Å². The van der Waals surface area contributed by atoms with Crippen LogP contribution in [0.5, 0.6) is 5.75 Å². The summed E-state index contributed by atoms with van der Waals surface area (Å²) in [7, 11) is 0. The zero-order valence-corrected chi connectivity index (χ0v) is 13.4. The molecule has 0 saturated carbocycles. The SMILES string of the molecule is CC(COc1ccccc1CCN)CN1CCCCCC1. The summed E-state index contributed by atoms with van der Waals surface area (Å²) in [5, 5.41) is 0. The Morgan fingerprint density at radius 2 is 1.86 bits per heavy atom. The lowest BCUT2D eigenvalue weighted by Gasteiger charge is -2.24. The monoisotopic (exact) mass is 290 g/mol. The predicted molar refractivity (Wildman–Crippen MR) is 88.8 cm³/mol. The summed E-state index contributed by atoms with van der Waals surface area (Å²) in [5.41, 5.74) is 6.89. The molecule has 21 heavy (non-hydrogen) atoms. The van der Waals surface area contributed by atoms with Gasteiger partial charge < -0.3 is 15.4 Å². The van der Waals surface area contributed by atoms with E-state index in [-0.39, 0.29) is 0 Å². The molecule has 1 fully saturated rings. The van der Waals surface area contributed by atoms with Gasteiger partial charge in [-0.1, -0.05) is 38.0 Å². The molecule has 1 saturated heterocycles. The van der Waals surface area contributed by atoms with Crippen molar-refractivity contribution in [2.75, 3.05) is 32.8 Å². The van der Waals surface area contributed by atoms with Crippen LogP contribution >= 0.6 is 0 Å². The van der Waals surface area contributed by atoms with Crippen LogP contribution < -0.4 is 10.5 Å². The molecule has 1 aromatic carbocycles. The molecule has 1 aromatic rings. The Morgan fingerprint density at radius 1 is 1.14 bits per heavy atom. The normalized spacial score (nSPS) is 18.2. The summed E-state index contributed by atoms with van der Waals surface area (Å²) in [6.45, 7) is 7.42. The molecule has 0 aliphatic carbocycles. The summed E-state index contributed by atoms with van der Waals surface area (Å²) in [4.78, 5) is 2.60. The number of para-hydroxylation sites is 1.